The lowest BCUT2D eigenvalue weighted by Gasteiger charge is -2.16. The van der Waals surface area contributed by atoms with E-state index in [4.69, 9.17) is 17.0 Å². The maximum Gasteiger partial charge on any atom is 0.170 e. The smallest absolute Gasteiger partial charge is 0.170 e. The molecule has 1 atom stereocenters. The van der Waals surface area contributed by atoms with Gasteiger partial charge in [0.1, 0.15) is 5.75 Å². The van der Waals surface area contributed by atoms with Crippen LogP contribution in [0.25, 0.3) is 0 Å². The van der Waals surface area contributed by atoms with Crippen molar-refractivity contribution in [2.75, 3.05) is 11.9 Å². The van der Waals surface area contributed by atoms with Crippen LogP contribution in [0, 0.1) is 0 Å². The van der Waals surface area contributed by atoms with Crippen molar-refractivity contribution in [3.05, 3.63) is 24.3 Å². The molecule has 0 spiro atoms. The largest absolute Gasteiger partial charge is 0.494 e. The molecule has 2 N–H and O–H groups in total. The molecule has 0 bridgehead atoms. The SMILES string of the molecule is CCCC(C)NC(=S)Nc1cccc(OCC)c1. The van der Waals surface area contributed by atoms with Crippen LogP contribution in [0.3, 0.4) is 0 Å². The van der Waals surface area contributed by atoms with E-state index in [2.05, 4.69) is 24.5 Å². The molecule has 1 rings (SSSR count). The molecule has 0 aromatic heterocycles. The summed E-state index contributed by atoms with van der Waals surface area (Å²) in [6.07, 6.45) is 2.26. The van der Waals surface area contributed by atoms with Crippen molar-refractivity contribution in [3.8, 4) is 5.75 Å². The third-order valence-electron chi connectivity index (χ3n) is 2.50. The van der Waals surface area contributed by atoms with Gasteiger partial charge < -0.3 is 15.4 Å². The number of benzene rings is 1. The number of hydrogen-bond donors (Lipinski definition) is 2. The highest BCUT2D eigenvalue weighted by Crippen LogP contribution is 2.17. The average Bonchev–Trinajstić information content (AvgIpc) is 2.29. The quantitative estimate of drug-likeness (QED) is 0.771. The second-order valence-corrected chi connectivity index (χ2v) is 4.66. The van der Waals surface area contributed by atoms with Gasteiger partial charge in [0.25, 0.3) is 0 Å². The summed E-state index contributed by atoms with van der Waals surface area (Å²) in [6.45, 7) is 6.94. The van der Waals surface area contributed by atoms with Crippen molar-refractivity contribution in [3.63, 3.8) is 0 Å². The van der Waals surface area contributed by atoms with Crippen molar-refractivity contribution in [1.82, 2.24) is 5.32 Å². The molecule has 1 aromatic carbocycles. The molecule has 0 aliphatic heterocycles. The van der Waals surface area contributed by atoms with E-state index in [9.17, 15) is 0 Å². The van der Waals surface area contributed by atoms with Crippen LogP contribution in [-0.2, 0) is 0 Å². The van der Waals surface area contributed by atoms with Crippen LogP contribution in [-0.4, -0.2) is 17.8 Å². The van der Waals surface area contributed by atoms with E-state index in [1.165, 1.54) is 0 Å². The minimum atomic E-state index is 0.394. The van der Waals surface area contributed by atoms with Crippen molar-refractivity contribution >= 4 is 23.0 Å². The first kappa shape index (κ1) is 14.8. The molecule has 1 unspecified atom stereocenters. The standard InChI is InChI=1S/C14H22N2OS/c1-4-7-11(3)15-14(18)16-12-8-6-9-13(10-12)17-5-2/h6,8-11H,4-5,7H2,1-3H3,(H2,15,16,18). The van der Waals surface area contributed by atoms with Crippen LogP contribution in [0.5, 0.6) is 5.75 Å². The molecule has 4 heteroatoms. The summed E-state index contributed by atoms with van der Waals surface area (Å²) >= 11 is 5.27. The van der Waals surface area contributed by atoms with Crippen molar-refractivity contribution in [2.24, 2.45) is 0 Å². The zero-order valence-corrected chi connectivity index (χ0v) is 12.1. The lowest BCUT2D eigenvalue weighted by molar-refractivity contribution is 0.340. The molecule has 3 nitrogen and oxygen atoms in total. The third kappa shape index (κ3) is 5.36. The van der Waals surface area contributed by atoms with Gasteiger partial charge in [-0.05, 0) is 44.6 Å². The van der Waals surface area contributed by atoms with Crippen LogP contribution in [0.2, 0.25) is 0 Å². The molecule has 100 valence electrons. The molecule has 0 fully saturated rings. The lowest BCUT2D eigenvalue weighted by atomic mass is 10.2. The number of nitrogens with one attached hydrogen (secondary N) is 2. The molecule has 18 heavy (non-hydrogen) atoms. The van der Waals surface area contributed by atoms with Gasteiger partial charge in [0.2, 0.25) is 0 Å². The molecule has 0 saturated carbocycles. The van der Waals surface area contributed by atoms with Crippen LogP contribution in [0.15, 0.2) is 24.3 Å². The Kier molecular flexibility index (Phi) is 6.50. The molecule has 0 radical (unpaired) electrons. The van der Waals surface area contributed by atoms with E-state index < -0.39 is 0 Å². The lowest BCUT2D eigenvalue weighted by Crippen LogP contribution is -2.35. The van der Waals surface area contributed by atoms with Crippen LogP contribution < -0.4 is 15.4 Å². The average molecular weight is 266 g/mol. The second-order valence-electron chi connectivity index (χ2n) is 4.25. The summed E-state index contributed by atoms with van der Waals surface area (Å²) in [5.74, 6) is 0.854. The maximum absolute atomic E-state index is 5.44. The molecule has 0 heterocycles. The van der Waals surface area contributed by atoms with E-state index in [1.54, 1.807) is 0 Å². The molecular formula is C14H22N2OS. The topological polar surface area (TPSA) is 33.3 Å². The number of ether oxygens (including phenoxy) is 1. The van der Waals surface area contributed by atoms with Crippen LogP contribution in [0.4, 0.5) is 5.69 Å². The van der Waals surface area contributed by atoms with Gasteiger partial charge in [-0.1, -0.05) is 19.4 Å². The molecule has 0 aliphatic carbocycles. The van der Waals surface area contributed by atoms with E-state index in [-0.39, 0.29) is 0 Å². The van der Waals surface area contributed by atoms with Gasteiger partial charge >= 0.3 is 0 Å². The Balaban J connectivity index is 2.50. The van der Waals surface area contributed by atoms with Gasteiger partial charge in [-0.3, -0.25) is 0 Å². The summed E-state index contributed by atoms with van der Waals surface area (Å²) in [6, 6.07) is 8.20. The first-order valence-electron chi connectivity index (χ1n) is 6.46. The minimum Gasteiger partial charge on any atom is -0.494 e. The Bertz CT molecular complexity index is 382. The Labute approximate surface area is 115 Å². The Hall–Kier alpha value is -1.29. The van der Waals surface area contributed by atoms with Crippen LogP contribution in [0.1, 0.15) is 33.6 Å². The maximum atomic E-state index is 5.44. The summed E-state index contributed by atoms with van der Waals surface area (Å²) in [7, 11) is 0. The van der Waals surface area contributed by atoms with Gasteiger partial charge in [0.05, 0.1) is 6.61 Å². The van der Waals surface area contributed by atoms with E-state index in [0.717, 1.165) is 24.3 Å². The van der Waals surface area contributed by atoms with Crippen LogP contribution >= 0.6 is 12.2 Å². The second kappa shape index (κ2) is 7.93. The minimum absolute atomic E-state index is 0.394. The predicted molar refractivity (Wildman–Crippen MR) is 81.3 cm³/mol. The van der Waals surface area contributed by atoms with Gasteiger partial charge in [-0.25, -0.2) is 0 Å². The molecular weight excluding hydrogens is 244 g/mol. The molecule has 0 saturated heterocycles. The summed E-state index contributed by atoms with van der Waals surface area (Å²) in [5, 5.41) is 7.09. The summed E-state index contributed by atoms with van der Waals surface area (Å²) in [4.78, 5) is 0. The highest BCUT2D eigenvalue weighted by molar-refractivity contribution is 7.80. The van der Waals surface area contributed by atoms with Gasteiger partial charge in [-0.2, -0.15) is 0 Å². The number of hydrogen-bond acceptors (Lipinski definition) is 2. The Morgan fingerprint density at radius 1 is 1.39 bits per heavy atom. The Morgan fingerprint density at radius 3 is 2.83 bits per heavy atom. The fourth-order valence-corrected chi connectivity index (χ4v) is 2.05. The number of rotatable bonds is 6. The van der Waals surface area contributed by atoms with E-state index >= 15 is 0 Å². The third-order valence-corrected chi connectivity index (χ3v) is 2.72. The fraction of sp³-hybridized carbons (Fsp3) is 0.500. The zero-order valence-electron chi connectivity index (χ0n) is 11.3. The highest BCUT2D eigenvalue weighted by Gasteiger charge is 2.03. The van der Waals surface area contributed by atoms with E-state index in [1.807, 2.05) is 31.2 Å². The molecule has 1 aromatic rings. The van der Waals surface area contributed by atoms with Crippen molar-refractivity contribution < 1.29 is 4.74 Å². The van der Waals surface area contributed by atoms with Crippen molar-refractivity contribution in [1.29, 1.82) is 0 Å². The summed E-state index contributed by atoms with van der Waals surface area (Å²) < 4.78 is 5.44. The van der Waals surface area contributed by atoms with E-state index in [0.29, 0.717) is 17.8 Å². The Morgan fingerprint density at radius 2 is 2.17 bits per heavy atom. The van der Waals surface area contributed by atoms with Gasteiger partial charge in [0, 0.05) is 17.8 Å². The summed E-state index contributed by atoms with van der Waals surface area (Å²) in [5.41, 5.74) is 0.946. The first-order valence-corrected chi connectivity index (χ1v) is 6.87. The van der Waals surface area contributed by atoms with Gasteiger partial charge in [-0.15, -0.1) is 0 Å². The first-order chi connectivity index (χ1) is 8.65. The molecule has 0 aliphatic rings. The number of anilines is 1. The van der Waals surface area contributed by atoms with Gasteiger partial charge in [0.15, 0.2) is 5.11 Å². The van der Waals surface area contributed by atoms with Crippen molar-refractivity contribution in [2.45, 2.75) is 39.7 Å². The zero-order chi connectivity index (χ0) is 13.4. The predicted octanol–water partition coefficient (Wildman–Crippen LogP) is 3.56. The number of thiocarbonyl (C=S) groups is 1. The monoisotopic (exact) mass is 266 g/mol. The highest BCUT2D eigenvalue weighted by atomic mass is 32.1. The molecule has 0 amide bonds. The normalized spacial score (nSPS) is 11.7. The fourth-order valence-electron chi connectivity index (χ4n) is 1.73.